The Labute approximate surface area is 155 Å². The highest BCUT2D eigenvalue weighted by Crippen LogP contribution is 2.31. The molecule has 0 aliphatic heterocycles. The Bertz CT molecular complexity index is 893. The number of aromatic nitrogens is 2. The minimum Gasteiger partial charge on any atom is -0.322 e. The predicted molar refractivity (Wildman–Crippen MR) is 101 cm³/mol. The summed E-state index contributed by atoms with van der Waals surface area (Å²) in [4.78, 5) is 20.7. The molecule has 0 aliphatic rings. The summed E-state index contributed by atoms with van der Waals surface area (Å²) in [7, 11) is 0. The maximum Gasteiger partial charge on any atom is 0.274 e. The summed E-state index contributed by atoms with van der Waals surface area (Å²) in [5.41, 5.74) is 2.52. The number of hydrogen-bond acceptors (Lipinski definition) is 4. The molecule has 1 amide bonds. The molecular weight excluding hydrogens is 359 g/mol. The Morgan fingerprint density at radius 2 is 1.68 bits per heavy atom. The van der Waals surface area contributed by atoms with Gasteiger partial charge in [0, 0.05) is 11.9 Å². The van der Waals surface area contributed by atoms with Crippen LogP contribution in [0, 0.1) is 6.92 Å². The van der Waals surface area contributed by atoms with Crippen LogP contribution in [-0.4, -0.2) is 15.9 Å². The second-order valence-corrected chi connectivity index (χ2v) is 6.12. The van der Waals surface area contributed by atoms with E-state index in [0.29, 0.717) is 21.4 Å². The monoisotopic (exact) mass is 372 g/mol. The standard InChI is InChI=1S/C18H14Cl2N4O/c1-11-5-7-12(8-6-11)22-17(25)15-9-10-21-18(23-15)24-16-13(19)3-2-4-14(16)20/h2-10H,1H3,(H,22,25)(H,21,23,24). The van der Waals surface area contributed by atoms with Gasteiger partial charge in [0.05, 0.1) is 15.7 Å². The lowest BCUT2D eigenvalue weighted by Gasteiger charge is -2.10. The molecule has 1 aromatic heterocycles. The zero-order valence-corrected chi connectivity index (χ0v) is 14.8. The molecule has 3 rings (SSSR count). The van der Waals surface area contributed by atoms with E-state index in [4.69, 9.17) is 23.2 Å². The summed E-state index contributed by atoms with van der Waals surface area (Å²) in [5, 5.41) is 6.60. The van der Waals surface area contributed by atoms with Gasteiger partial charge in [0.25, 0.3) is 5.91 Å². The fourth-order valence-electron chi connectivity index (χ4n) is 2.11. The van der Waals surface area contributed by atoms with Crippen LogP contribution in [0.3, 0.4) is 0 Å². The predicted octanol–water partition coefficient (Wildman–Crippen LogP) is 5.09. The number of anilines is 3. The van der Waals surface area contributed by atoms with Crippen LogP contribution in [0.4, 0.5) is 17.3 Å². The number of rotatable bonds is 4. The number of hydrogen-bond donors (Lipinski definition) is 2. The highest BCUT2D eigenvalue weighted by molar-refractivity contribution is 6.39. The van der Waals surface area contributed by atoms with Gasteiger partial charge in [-0.25, -0.2) is 9.97 Å². The van der Waals surface area contributed by atoms with Crippen molar-refractivity contribution in [2.45, 2.75) is 6.92 Å². The third kappa shape index (κ3) is 4.26. The lowest BCUT2D eigenvalue weighted by Crippen LogP contribution is -2.14. The normalized spacial score (nSPS) is 10.4. The largest absolute Gasteiger partial charge is 0.322 e. The molecule has 0 saturated heterocycles. The first-order valence-corrected chi connectivity index (χ1v) is 8.20. The quantitative estimate of drug-likeness (QED) is 0.669. The van der Waals surface area contributed by atoms with Crippen molar-refractivity contribution in [3.63, 3.8) is 0 Å². The van der Waals surface area contributed by atoms with Crippen LogP contribution in [0.25, 0.3) is 0 Å². The molecule has 126 valence electrons. The maximum atomic E-state index is 12.4. The van der Waals surface area contributed by atoms with Crippen LogP contribution >= 0.6 is 23.2 Å². The number of carbonyl (C=O) groups excluding carboxylic acids is 1. The van der Waals surface area contributed by atoms with Gasteiger partial charge in [-0.05, 0) is 37.3 Å². The molecule has 2 N–H and O–H groups in total. The van der Waals surface area contributed by atoms with Gasteiger partial charge in [0.15, 0.2) is 0 Å². The van der Waals surface area contributed by atoms with Crippen molar-refractivity contribution < 1.29 is 4.79 Å². The first-order chi connectivity index (χ1) is 12.0. The van der Waals surface area contributed by atoms with E-state index in [-0.39, 0.29) is 17.5 Å². The Balaban J connectivity index is 1.79. The number of para-hydroxylation sites is 1. The van der Waals surface area contributed by atoms with Crippen LogP contribution in [-0.2, 0) is 0 Å². The molecule has 7 heteroatoms. The minimum atomic E-state index is -0.334. The van der Waals surface area contributed by atoms with Gasteiger partial charge in [-0.2, -0.15) is 0 Å². The van der Waals surface area contributed by atoms with Crippen LogP contribution in [0.2, 0.25) is 10.0 Å². The topological polar surface area (TPSA) is 66.9 Å². The zero-order valence-electron chi connectivity index (χ0n) is 13.3. The van der Waals surface area contributed by atoms with Gasteiger partial charge in [-0.1, -0.05) is 47.0 Å². The summed E-state index contributed by atoms with van der Waals surface area (Å²) in [6, 6.07) is 14.2. The van der Waals surface area contributed by atoms with E-state index in [0.717, 1.165) is 5.56 Å². The molecule has 1 heterocycles. The van der Waals surface area contributed by atoms with Crippen LogP contribution < -0.4 is 10.6 Å². The van der Waals surface area contributed by atoms with Crippen LogP contribution in [0.5, 0.6) is 0 Å². The zero-order chi connectivity index (χ0) is 17.8. The molecule has 0 radical (unpaired) electrons. The fourth-order valence-corrected chi connectivity index (χ4v) is 2.60. The summed E-state index contributed by atoms with van der Waals surface area (Å²) in [5.74, 6) is -0.105. The molecule has 0 fully saturated rings. The number of nitrogens with zero attached hydrogens (tertiary/aromatic N) is 2. The Morgan fingerprint density at radius 3 is 2.36 bits per heavy atom. The van der Waals surface area contributed by atoms with E-state index in [1.54, 1.807) is 18.2 Å². The van der Waals surface area contributed by atoms with Crippen molar-refractivity contribution in [2.75, 3.05) is 10.6 Å². The van der Waals surface area contributed by atoms with Gasteiger partial charge in [0.1, 0.15) is 5.69 Å². The van der Waals surface area contributed by atoms with Gasteiger partial charge in [0.2, 0.25) is 5.95 Å². The number of benzene rings is 2. The number of nitrogens with one attached hydrogen (secondary N) is 2. The van der Waals surface area contributed by atoms with Crippen molar-refractivity contribution in [3.8, 4) is 0 Å². The molecule has 0 bridgehead atoms. The molecule has 0 unspecified atom stereocenters. The maximum absolute atomic E-state index is 12.4. The Kier molecular flexibility index (Phi) is 5.16. The van der Waals surface area contributed by atoms with Crippen molar-refractivity contribution in [1.82, 2.24) is 9.97 Å². The van der Waals surface area contributed by atoms with Crippen LogP contribution in [0.1, 0.15) is 16.1 Å². The van der Waals surface area contributed by atoms with E-state index in [1.165, 1.54) is 12.3 Å². The highest BCUT2D eigenvalue weighted by atomic mass is 35.5. The SMILES string of the molecule is Cc1ccc(NC(=O)c2ccnc(Nc3c(Cl)cccc3Cl)n2)cc1. The summed E-state index contributed by atoms with van der Waals surface area (Å²) in [6.45, 7) is 1.98. The van der Waals surface area contributed by atoms with E-state index in [1.807, 2.05) is 31.2 Å². The molecule has 2 aromatic carbocycles. The highest BCUT2D eigenvalue weighted by Gasteiger charge is 2.11. The van der Waals surface area contributed by atoms with E-state index >= 15 is 0 Å². The third-order valence-corrected chi connectivity index (χ3v) is 4.03. The Morgan fingerprint density at radius 1 is 1.00 bits per heavy atom. The Hall–Kier alpha value is -2.63. The summed E-state index contributed by atoms with van der Waals surface area (Å²) < 4.78 is 0. The number of halogens is 2. The number of aryl methyl sites for hydroxylation is 1. The van der Waals surface area contributed by atoms with Gasteiger partial charge >= 0.3 is 0 Å². The molecule has 0 saturated carbocycles. The lowest BCUT2D eigenvalue weighted by atomic mass is 10.2. The fraction of sp³-hybridized carbons (Fsp3) is 0.0556. The molecule has 0 atom stereocenters. The van der Waals surface area contributed by atoms with Gasteiger partial charge < -0.3 is 10.6 Å². The first-order valence-electron chi connectivity index (χ1n) is 7.45. The summed E-state index contributed by atoms with van der Waals surface area (Å²) in [6.07, 6.45) is 1.49. The van der Waals surface area contributed by atoms with Gasteiger partial charge in [-0.15, -0.1) is 0 Å². The molecule has 3 aromatic rings. The van der Waals surface area contributed by atoms with Crippen LogP contribution in [0.15, 0.2) is 54.7 Å². The molecule has 5 nitrogen and oxygen atoms in total. The van der Waals surface area contributed by atoms with Crippen molar-refractivity contribution >= 4 is 46.4 Å². The summed E-state index contributed by atoms with van der Waals surface area (Å²) >= 11 is 12.2. The molecule has 0 spiro atoms. The van der Waals surface area contributed by atoms with Gasteiger partial charge in [-0.3, -0.25) is 4.79 Å². The first kappa shape index (κ1) is 17.2. The molecule has 25 heavy (non-hydrogen) atoms. The average molecular weight is 373 g/mol. The molecule has 0 aliphatic carbocycles. The number of amides is 1. The third-order valence-electron chi connectivity index (χ3n) is 3.40. The minimum absolute atomic E-state index is 0.223. The van der Waals surface area contributed by atoms with Crippen molar-refractivity contribution in [2.24, 2.45) is 0 Å². The van der Waals surface area contributed by atoms with Crippen molar-refractivity contribution in [3.05, 3.63) is 76.0 Å². The lowest BCUT2D eigenvalue weighted by molar-refractivity contribution is 0.102. The molecular formula is C18H14Cl2N4O. The van der Waals surface area contributed by atoms with E-state index in [9.17, 15) is 4.79 Å². The smallest absolute Gasteiger partial charge is 0.274 e. The van der Waals surface area contributed by atoms with E-state index in [2.05, 4.69) is 20.6 Å². The number of carbonyl (C=O) groups is 1. The van der Waals surface area contributed by atoms with E-state index < -0.39 is 0 Å². The van der Waals surface area contributed by atoms with Crippen molar-refractivity contribution in [1.29, 1.82) is 0 Å². The average Bonchev–Trinajstić information content (AvgIpc) is 2.60. The second-order valence-electron chi connectivity index (χ2n) is 5.31. The second kappa shape index (κ2) is 7.51.